The molecule has 2 amide bonds. The molecule has 1 aromatic heterocycles. The predicted octanol–water partition coefficient (Wildman–Crippen LogP) is 5.20. The van der Waals surface area contributed by atoms with Gasteiger partial charge >= 0.3 is 6.03 Å². The first-order valence-corrected chi connectivity index (χ1v) is 13.6. The van der Waals surface area contributed by atoms with Crippen molar-refractivity contribution in [2.24, 2.45) is 0 Å². The van der Waals surface area contributed by atoms with Crippen LogP contribution in [0.2, 0.25) is 0 Å². The molecule has 0 atom stereocenters. The van der Waals surface area contributed by atoms with E-state index in [-0.39, 0.29) is 12.1 Å². The van der Waals surface area contributed by atoms with E-state index in [9.17, 15) is 4.79 Å². The molecule has 3 aromatic rings. The molecule has 0 saturated carbocycles. The van der Waals surface area contributed by atoms with Crippen molar-refractivity contribution >= 4 is 28.3 Å². The molecular weight excluding hydrogens is 466 g/mol. The summed E-state index contributed by atoms with van der Waals surface area (Å²) in [5, 5.41) is 4.15. The summed E-state index contributed by atoms with van der Waals surface area (Å²) in [6, 6.07) is 14.3. The van der Waals surface area contributed by atoms with Crippen LogP contribution in [0.15, 0.2) is 48.8 Å². The SMILES string of the molecule is O=C(Nc1ccc(N2CCCC2)cc1)N1CCC(c2ncnc3cc(OC4CCOCC4)ccc23)CC1. The number of benzene rings is 2. The van der Waals surface area contributed by atoms with Gasteiger partial charge in [0, 0.05) is 67.8 Å². The minimum absolute atomic E-state index is 0.0326. The predicted molar refractivity (Wildman–Crippen MR) is 144 cm³/mol. The molecule has 3 aliphatic heterocycles. The van der Waals surface area contributed by atoms with E-state index >= 15 is 0 Å². The van der Waals surface area contributed by atoms with Crippen LogP contribution in [0.1, 0.15) is 50.1 Å². The van der Waals surface area contributed by atoms with Gasteiger partial charge in [0.25, 0.3) is 0 Å². The number of aromatic nitrogens is 2. The molecule has 0 aliphatic carbocycles. The fourth-order valence-corrected chi connectivity index (χ4v) is 5.73. The minimum Gasteiger partial charge on any atom is -0.490 e. The number of piperidine rings is 1. The van der Waals surface area contributed by atoms with Crippen LogP contribution in [0.3, 0.4) is 0 Å². The number of rotatable bonds is 5. The van der Waals surface area contributed by atoms with Crippen molar-refractivity contribution in [1.82, 2.24) is 14.9 Å². The van der Waals surface area contributed by atoms with Gasteiger partial charge in [0.15, 0.2) is 0 Å². The second-order valence-corrected chi connectivity index (χ2v) is 10.3. The Hall–Kier alpha value is -3.39. The molecule has 1 N–H and O–H groups in total. The van der Waals surface area contributed by atoms with Gasteiger partial charge in [-0.2, -0.15) is 0 Å². The Kier molecular flexibility index (Phi) is 7.08. The number of ether oxygens (including phenoxy) is 2. The molecule has 4 heterocycles. The van der Waals surface area contributed by atoms with Crippen molar-refractivity contribution < 1.29 is 14.3 Å². The molecule has 0 radical (unpaired) electrons. The van der Waals surface area contributed by atoms with Crippen LogP contribution < -0.4 is 15.0 Å². The summed E-state index contributed by atoms with van der Waals surface area (Å²) in [6.45, 7) is 5.16. The molecule has 3 saturated heterocycles. The Labute approximate surface area is 218 Å². The highest BCUT2D eigenvalue weighted by Gasteiger charge is 2.26. The Morgan fingerprint density at radius 2 is 1.68 bits per heavy atom. The van der Waals surface area contributed by atoms with Crippen molar-refractivity contribution in [1.29, 1.82) is 0 Å². The lowest BCUT2D eigenvalue weighted by Crippen LogP contribution is -2.40. The zero-order valence-corrected chi connectivity index (χ0v) is 21.3. The van der Waals surface area contributed by atoms with E-state index < -0.39 is 0 Å². The monoisotopic (exact) mass is 501 g/mol. The molecule has 194 valence electrons. The molecule has 6 rings (SSSR count). The summed E-state index contributed by atoms with van der Waals surface area (Å²) in [4.78, 5) is 26.4. The first-order chi connectivity index (χ1) is 18.2. The number of amides is 2. The molecule has 2 aromatic carbocycles. The first kappa shape index (κ1) is 24.0. The first-order valence-electron chi connectivity index (χ1n) is 13.6. The van der Waals surface area contributed by atoms with E-state index in [1.807, 2.05) is 29.2 Å². The maximum absolute atomic E-state index is 12.9. The van der Waals surface area contributed by atoms with Crippen LogP contribution in [-0.4, -0.2) is 66.4 Å². The zero-order valence-electron chi connectivity index (χ0n) is 21.3. The second kappa shape index (κ2) is 10.9. The van der Waals surface area contributed by atoms with Crippen LogP contribution >= 0.6 is 0 Å². The standard InChI is InChI=1S/C29H35N5O3/c35-29(32-22-3-5-23(6-4-22)33-13-1-2-14-33)34-15-9-21(10-16-34)28-26-8-7-25(19-27(26)30-20-31-28)37-24-11-17-36-18-12-24/h3-8,19-21,24H,1-2,9-18H2,(H,32,35). The van der Waals surface area contributed by atoms with Gasteiger partial charge in [-0.15, -0.1) is 0 Å². The molecule has 8 nitrogen and oxygen atoms in total. The minimum atomic E-state index is -0.0326. The Morgan fingerprint density at radius 1 is 0.919 bits per heavy atom. The van der Waals surface area contributed by atoms with Crippen LogP contribution in [0.5, 0.6) is 5.75 Å². The third kappa shape index (κ3) is 5.49. The van der Waals surface area contributed by atoms with Gasteiger partial charge in [0.05, 0.1) is 24.4 Å². The molecule has 0 spiro atoms. The highest BCUT2D eigenvalue weighted by molar-refractivity contribution is 5.89. The smallest absolute Gasteiger partial charge is 0.321 e. The van der Waals surface area contributed by atoms with E-state index in [1.165, 1.54) is 18.5 Å². The molecule has 3 fully saturated rings. The van der Waals surface area contributed by atoms with Gasteiger partial charge in [-0.3, -0.25) is 0 Å². The van der Waals surface area contributed by atoms with Crippen molar-refractivity contribution in [3.63, 3.8) is 0 Å². The summed E-state index contributed by atoms with van der Waals surface area (Å²) in [7, 11) is 0. The summed E-state index contributed by atoms with van der Waals surface area (Å²) < 4.78 is 11.6. The number of nitrogens with zero attached hydrogens (tertiary/aromatic N) is 4. The Morgan fingerprint density at radius 3 is 2.43 bits per heavy atom. The van der Waals surface area contributed by atoms with Crippen molar-refractivity contribution in [3.8, 4) is 5.75 Å². The zero-order chi connectivity index (χ0) is 25.0. The van der Waals surface area contributed by atoms with Gasteiger partial charge < -0.3 is 24.6 Å². The van der Waals surface area contributed by atoms with Gasteiger partial charge in [-0.05, 0) is 62.1 Å². The number of urea groups is 1. The number of nitrogens with one attached hydrogen (secondary N) is 1. The van der Waals surface area contributed by atoms with E-state index in [4.69, 9.17) is 9.47 Å². The van der Waals surface area contributed by atoms with Crippen molar-refractivity contribution in [2.75, 3.05) is 49.6 Å². The average Bonchev–Trinajstić information content (AvgIpc) is 3.49. The Bertz CT molecular complexity index is 1210. The summed E-state index contributed by atoms with van der Waals surface area (Å²) in [5.74, 6) is 1.15. The molecule has 0 unspecified atom stereocenters. The van der Waals surface area contributed by atoms with Gasteiger partial charge in [0.2, 0.25) is 0 Å². The largest absolute Gasteiger partial charge is 0.490 e. The van der Waals surface area contributed by atoms with Crippen LogP contribution in [0, 0.1) is 0 Å². The summed E-state index contributed by atoms with van der Waals surface area (Å²) in [6.07, 6.45) is 7.97. The number of fused-ring (bicyclic) bond motifs is 1. The van der Waals surface area contributed by atoms with Gasteiger partial charge in [-0.25, -0.2) is 14.8 Å². The maximum atomic E-state index is 12.9. The van der Waals surface area contributed by atoms with E-state index in [0.29, 0.717) is 19.0 Å². The lowest BCUT2D eigenvalue weighted by Gasteiger charge is -2.32. The van der Waals surface area contributed by atoms with Crippen LogP contribution in [0.25, 0.3) is 10.9 Å². The number of carbonyl (C=O) groups excluding carboxylic acids is 1. The van der Waals surface area contributed by atoms with E-state index in [0.717, 1.165) is 80.0 Å². The molecule has 8 heteroatoms. The summed E-state index contributed by atoms with van der Waals surface area (Å²) >= 11 is 0. The second-order valence-electron chi connectivity index (χ2n) is 10.3. The fraction of sp³-hybridized carbons (Fsp3) is 0.483. The summed E-state index contributed by atoms with van der Waals surface area (Å²) in [5.41, 5.74) is 4.05. The lowest BCUT2D eigenvalue weighted by atomic mass is 9.91. The third-order valence-corrected chi connectivity index (χ3v) is 7.87. The lowest BCUT2D eigenvalue weighted by molar-refractivity contribution is 0.0256. The van der Waals surface area contributed by atoms with Crippen molar-refractivity contribution in [3.05, 3.63) is 54.5 Å². The molecule has 3 aliphatic rings. The molecular formula is C29H35N5O3. The van der Waals surface area contributed by atoms with E-state index in [1.54, 1.807) is 6.33 Å². The number of carbonyl (C=O) groups is 1. The van der Waals surface area contributed by atoms with Crippen LogP contribution in [0.4, 0.5) is 16.2 Å². The molecule has 0 bridgehead atoms. The van der Waals surface area contributed by atoms with E-state index in [2.05, 4.69) is 38.4 Å². The van der Waals surface area contributed by atoms with Gasteiger partial charge in [-0.1, -0.05) is 0 Å². The topological polar surface area (TPSA) is 79.8 Å². The highest BCUT2D eigenvalue weighted by Crippen LogP contribution is 2.33. The maximum Gasteiger partial charge on any atom is 0.321 e. The fourth-order valence-electron chi connectivity index (χ4n) is 5.73. The van der Waals surface area contributed by atoms with Gasteiger partial charge in [0.1, 0.15) is 18.2 Å². The number of likely N-dealkylation sites (tertiary alicyclic amines) is 1. The quantitative estimate of drug-likeness (QED) is 0.518. The number of hydrogen-bond donors (Lipinski definition) is 1. The van der Waals surface area contributed by atoms with Crippen LogP contribution in [-0.2, 0) is 4.74 Å². The highest BCUT2D eigenvalue weighted by atomic mass is 16.5. The van der Waals surface area contributed by atoms with Crippen molar-refractivity contribution in [2.45, 2.75) is 50.5 Å². The average molecular weight is 502 g/mol. The number of hydrogen-bond acceptors (Lipinski definition) is 6. The third-order valence-electron chi connectivity index (χ3n) is 7.87. The number of anilines is 2. The Balaban J connectivity index is 1.06. The molecule has 37 heavy (non-hydrogen) atoms. The normalized spacial score (nSPS) is 19.4.